The Bertz CT molecular complexity index is 1240. The molecule has 2 unspecified atom stereocenters. The first kappa shape index (κ1) is 19.1. The van der Waals surface area contributed by atoms with Crippen molar-refractivity contribution in [3.05, 3.63) is 47.5 Å². The van der Waals surface area contributed by atoms with E-state index < -0.39 is 6.17 Å². The van der Waals surface area contributed by atoms with Gasteiger partial charge in [0.2, 0.25) is 0 Å². The zero-order valence-electron chi connectivity index (χ0n) is 16.7. The first-order valence-electron chi connectivity index (χ1n) is 10.00. The van der Waals surface area contributed by atoms with Crippen molar-refractivity contribution in [2.24, 2.45) is 16.5 Å². The van der Waals surface area contributed by atoms with Crippen LogP contribution in [0.1, 0.15) is 23.7 Å². The molecule has 1 saturated heterocycles. The van der Waals surface area contributed by atoms with Crippen LogP contribution in [0.15, 0.2) is 41.4 Å². The highest BCUT2D eigenvalue weighted by Gasteiger charge is 2.40. The van der Waals surface area contributed by atoms with E-state index in [-0.39, 0.29) is 23.6 Å². The Kier molecular flexibility index (Phi) is 4.36. The van der Waals surface area contributed by atoms with Gasteiger partial charge in [0.15, 0.2) is 12.1 Å². The van der Waals surface area contributed by atoms with Crippen molar-refractivity contribution in [3.63, 3.8) is 0 Å². The number of nitrogens with zero attached hydrogens (tertiary/aromatic N) is 3. The summed E-state index contributed by atoms with van der Waals surface area (Å²) in [6, 6.07) is 10.6. The van der Waals surface area contributed by atoms with Gasteiger partial charge in [-0.2, -0.15) is 0 Å². The molecule has 0 amide bonds. The van der Waals surface area contributed by atoms with Gasteiger partial charge in [-0.1, -0.05) is 12.1 Å². The van der Waals surface area contributed by atoms with E-state index in [9.17, 15) is 5.11 Å². The normalized spacial score (nSPS) is 20.5. The number of guanidine groups is 1. The summed E-state index contributed by atoms with van der Waals surface area (Å²) in [7, 11) is 0. The van der Waals surface area contributed by atoms with Crippen molar-refractivity contribution < 1.29 is 5.11 Å². The number of H-pyrrole nitrogens is 1. The lowest BCUT2D eigenvalue weighted by Crippen LogP contribution is -2.50. The molecule has 9 N–H and O–H groups in total. The molecule has 158 valence electrons. The summed E-state index contributed by atoms with van der Waals surface area (Å²) in [5.74, 6) is 0.444. The number of benzene rings is 2. The quantitative estimate of drug-likeness (QED) is 0.249. The topological polar surface area (TPSA) is 176 Å². The average Bonchev–Trinajstić information content (AvgIpc) is 3.34. The van der Waals surface area contributed by atoms with Crippen molar-refractivity contribution in [3.8, 4) is 17.1 Å². The predicted octanol–water partition coefficient (Wildman–Crippen LogP) is 1.23. The Morgan fingerprint density at radius 1 is 1.19 bits per heavy atom. The van der Waals surface area contributed by atoms with Crippen LogP contribution in [-0.4, -0.2) is 56.6 Å². The van der Waals surface area contributed by atoms with Gasteiger partial charge in [0.25, 0.3) is 0 Å². The number of piperidine rings is 1. The lowest BCUT2D eigenvalue weighted by Gasteiger charge is -2.32. The lowest BCUT2D eigenvalue weighted by molar-refractivity contribution is 0.293. The standard InChI is InChI=1S/C21H23N9O/c22-18(23)10-4-5-13-14(8-10)28-19(27-13)11-2-1-3-12(17(11)31)20-29-15-9-26-7-6-16(15)30(20)21(24)25/h1-5,8,16,20,26,31H,6-7,9H2,(H3,22,23)(H3,24,25)(H,27,28). The van der Waals surface area contributed by atoms with E-state index in [1.54, 1.807) is 35.2 Å². The summed E-state index contributed by atoms with van der Waals surface area (Å²) in [4.78, 5) is 14.3. The van der Waals surface area contributed by atoms with Gasteiger partial charge in [0, 0.05) is 17.7 Å². The Labute approximate surface area is 178 Å². The Balaban J connectivity index is 1.58. The molecule has 3 aromatic rings. The summed E-state index contributed by atoms with van der Waals surface area (Å²) in [6.07, 6.45) is 0.239. The highest BCUT2D eigenvalue weighted by atomic mass is 16.3. The highest BCUT2D eigenvalue weighted by Crippen LogP contribution is 2.41. The fourth-order valence-corrected chi connectivity index (χ4v) is 4.35. The number of para-hydroxylation sites is 1. The third-order valence-electron chi connectivity index (χ3n) is 5.84. The van der Waals surface area contributed by atoms with Crippen LogP contribution in [0, 0.1) is 10.8 Å². The van der Waals surface area contributed by atoms with Crippen LogP contribution in [0.25, 0.3) is 22.4 Å². The van der Waals surface area contributed by atoms with E-state index in [1.807, 2.05) is 6.07 Å². The Morgan fingerprint density at radius 3 is 2.81 bits per heavy atom. The van der Waals surface area contributed by atoms with Gasteiger partial charge < -0.3 is 31.8 Å². The molecule has 10 heteroatoms. The fraction of sp³-hybridized carbons (Fsp3) is 0.238. The number of amidine groups is 1. The first-order valence-corrected chi connectivity index (χ1v) is 10.00. The maximum Gasteiger partial charge on any atom is 0.190 e. The van der Waals surface area contributed by atoms with Crippen LogP contribution >= 0.6 is 0 Å². The molecule has 2 aromatic carbocycles. The number of nitrogen functional groups attached to an aromatic ring is 1. The predicted molar refractivity (Wildman–Crippen MR) is 119 cm³/mol. The maximum atomic E-state index is 11.2. The summed E-state index contributed by atoms with van der Waals surface area (Å²) in [6.45, 7) is 1.47. The van der Waals surface area contributed by atoms with Gasteiger partial charge in [-0.15, -0.1) is 0 Å². The number of hydrogen-bond donors (Lipinski definition) is 7. The minimum Gasteiger partial charge on any atom is -0.507 e. The molecular formula is C21H23N9O. The van der Waals surface area contributed by atoms with E-state index in [0.717, 1.165) is 24.2 Å². The van der Waals surface area contributed by atoms with Crippen LogP contribution in [-0.2, 0) is 0 Å². The molecule has 0 radical (unpaired) electrons. The van der Waals surface area contributed by atoms with Gasteiger partial charge in [-0.25, -0.2) is 4.98 Å². The third kappa shape index (κ3) is 3.08. The fourth-order valence-electron chi connectivity index (χ4n) is 4.35. The third-order valence-corrected chi connectivity index (χ3v) is 5.84. The smallest absolute Gasteiger partial charge is 0.190 e. The van der Waals surface area contributed by atoms with Crippen LogP contribution in [0.3, 0.4) is 0 Å². The number of phenols is 1. The molecule has 2 aliphatic rings. The van der Waals surface area contributed by atoms with Gasteiger partial charge in [0.1, 0.15) is 17.4 Å². The second-order valence-electron chi connectivity index (χ2n) is 7.74. The van der Waals surface area contributed by atoms with Gasteiger partial charge >= 0.3 is 0 Å². The van der Waals surface area contributed by atoms with Gasteiger partial charge in [-0.05, 0) is 37.2 Å². The summed E-state index contributed by atoms with van der Waals surface area (Å²) in [5.41, 5.74) is 15.5. The summed E-state index contributed by atoms with van der Waals surface area (Å²) >= 11 is 0. The molecule has 2 aliphatic heterocycles. The molecule has 0 aliphatic carbocycles. The van der Waals surface area contributed by atoms with E-state index in [0.29, 0.717) is 34.6 Å². The van der Waals surface area contributed by atoms with Gasteiger partial charge in [-0.3, -0.25) is 15.8 Å². The first-order chi connectivity index (χ1) is 14.9. The van der Waals surface area contributed by atoms with Gasteiger partial charge in [0.05, 0.1) is 28.4 Å². The number of nitrogens with one attached hydrogen (secondary N) is 4. The van der Waals surface area contributed by atoms with Crippen LogP contribution < -0.4 is 16.8 Å². The molecule has 5 rings (SSSR count). The largest absolute Gasteiger partial charge is 0.507 e. The Hall–Kier alpha value is -3.92. The van der Waals surface area contributed by atoms with E-state index in [1.165, 1.54) is 0 Å². The number of hydrogen-bond acceptors (Lipinski definition) is 6. The van der Waals surface area contributed by atoms with Crippen LogP contribution in [0.2, 0.25) is 0 Å². The SMILES string of the molecule is N=C(N)c1ccc2nc(-c3cccc(C4N=C5CNCCC5N4C(=N)N)c3O)[nH]c2c1. The molecule has 31 heavy (non-hydrogen) atoms. The number of aliphatic imine (C=N–C) groups is 1. The van der Waals surface area contributed by atoms with Crippen LogP contribution in [0.5, 0.6) is 5.75 Å². The van der Waals surface area contributed by atoms with Crippen molar-refractivity contribution in [1.82, 2.24) is 20.2 Å². The number of fused-ring (bicyclic) bond motifs is 2. The van der Waals surface area contributed by atoms with Crippen LogP contribution in [0.4, 0.5) is 0 Å². The molecule has 10 nitrogen and oxygen atoms in total. The number of nitrogens with two attached hydrogens (primary N) is 2. The highest BCUT2D eigenvalue weighted by molar-refractivity contribution is 5.99. The summed E-state index contributed by atoms with van der Waals surface area (Å²) < 4.78 is 0. The zero-order chi connectivity index (χ0) is 21.7. The molecule has 1 aromatic heterocycles. The van der Waals surface area contributed by atoms with Crippen molar-refractivity contribution in [1.29, 1.82) is 10.8 Å². The molecule has 1 fully saturated rings. The second kappa shape index (κ2) is 7.10. The number of aromatic hydroxyl groups is 1. The van der Waals surface area contributed by atoms with Crippen molar-refractivity contribution in [2.75, 3.05) is 13.1 Å². The number of aromatic amines is 1. The minimum atomic E-state index is -0.564. The van der Waals surface area contributed by atoms with E-state index in [4.69, 9.17) is 27.3 Å². The maximum absolute atomic E-state index is 11.2. The minimum absolute atomic E-state index is 0.0245. The molecule has 3 heterocycles. The Morgan fingerprint density at radius 2 is 2.03 bits per heavy atom. The van der Waals surface area contributed by atoms with Crippen molar-refractivity contribution in [2.45, 2.75) is 18.6 Å². The molecule has 0 spiro atoms. The number of rotatable bonds is 3. The second-order valence-corrected chi connectivity index (χ2v) is 7.74. The number of phenolic OH excluding ortho intramolecular Hbond substituents is 1. The molecule has 0 saturated carbocycles. The average molecular weight is 417 g/mol. The molecule has 0 bridgehead atoms. The zero-order valence-corrected chi connectivity index (χ0v) is 16.7. The summed E-state index contributed by atoms with van der Waals surface area (Å²) in [5, 5.41) is 30.2. The van der Waals surface area contributed by atoms with E-state index >= 15 is 0 Å². The lowest BCUT2D eigenvalue weighted by atomic mass is 10.0. The number of imidazole rings is 1. The van der Waals surface area contributed by atoms with Crippen molar-refractivity contribution >= 4 is 28.5 Å². The molecular weight excluding hydrogens is 394 g/mol. The molecule has 2 atom stereocenters. The number of aromatic nitrogens is 2. The monoisotopic (exact) mass is 417 g/mol. The van der Waals surface area contributed by atoms with E-state index in [2.05, 4.69) is 15.3 Å².